The zero-order chi connectivity index (χ0) is 13.2. The van der Waals surface area contributed by atoms with Gasteiger partial charge in [-0.05, 0) is 19.1 Å². The third-order valence-electron chi connectivity index (χ3n) is 3.27. The highest BCUT2D eigenvalue weighted by atomic mass is 35.5. The summed E-state index contributed by atoms with van der Waals surface area (Å²) in [5, 5.41) is 3.74. The van der Waals surface area contributed by atoms with Crippen LogP contribution >= 0.6 is 11.6 Å². The molecule has 1 aliphatic carbocycles. The number of primary amides is 1. The van der Waals surface area contributed by atoms with Crippen LogP contribution < -0.4 is 11.1 Å². The molecule has 1 amide bonds. The smallest absolute Gasteiger partial charge is 0.243 e. The Morgan fingerprint density at radius 3 is 2.78 bits per heavy atom. The fraction of sp³-hybridized carbons (Fsp3) is 0.462. The number of ether oxygens (including phenoxy) is 1. The Morgan fingerprint density at radius 2 is 2.22 bits per heavy atom. The van der Waals surface area contributed by atoms with Crippen LogP contribution in [0.1, 0.15) is 19.8 Å². The normalized spacial score (nSPS) is 26.4. The van der Waals surface area contributed by atoms with Crippen LogP contribution in [0.15, 0.2) is 24.3 Å². The lowest BCUT2D eigenvalue weighted by molar-refractivity contribution is -0.131. The minimum atomic E-state index is -0.731. The fourth-order valence-electron chi connectivity index (χ4n) is 2.26. The van der Waals surface area contributed by atoms with Crippen molar-refractivity contribution in [3.8, 4) is 0 Å². The number of nitrogens with one attached hydrogen (secondary N) is 1. The minimum Gasteiger partial charge on any atom is -0.378 e. The number of carbonyl (C=O) groups is 1. The van der Waals surface area contributed by atoms with E-state index < -0.39 is 5.54 Å². The van der Waals surface area contributed by atoms with E-state index in [1.54, 1.807) is 6.07 Å². The second-order valence-electron chi connectivity index (χ2n) is 4.54. The summed E-state index contributed by atoms with van der Waals surface area (Å²) in [5.74, 6) is -0.363. The molecule has 0 heterocycles. The highest BCUT2D eigenvalue weighted by Gasteiger charge is 2.49. The molecule has 18 heavy (non-hydrogen) atoms. The van der Waals surface area contributed by atoms with Gasteiger partial charge in [0.05, 0.1) is 16.8 Å². The molecule has 4 nitrogen and oxygen atoms in total. The first kappa shape index (κ1) is 13.2. The second-order valence-corrected chi connectivity index (χ2v) is 4.94. The Morgan fingerprint density at radius 1 is 1.56 bits per heavy atom. The standard InChI is InChI=1S/C13H17ClN2O2/c1-2-18-9-7-13(8-9,12(15)17)16-11-6-4-3-5-10(11)14/h3-6,9,16H,2,7-8H2,1H3,(H2,15,17). The number of amides is 1. The monoisotopic (exact) mass is 268 g/mol. The molecule has 1 aromatic rings. The number of halogens is 1. The topological polar surface area (TPSA) is 64.3 Å². The summed E-state index contributed by atoms with van der Waals surface area (Å²) in [4.78, 5) is 11.6. The molecule has 1 aliphatic rings. The lowest BCUT2D eigenvalue weighted by Crippen LogP contribution is -2.62. The maximum Gasteiger partial charge on any atom is 0.243 e. The lowest BCUT2D eigenvalue weighted by atomic mass is 9.73. The van der Waals surface area contributed by atoms with Crippen molar-refractivity contribution >= 4 is 23.2 Å². The largest absolute Gasteiger partial charge is 0.378 e. The van der Waals surface area contributed by atoms with Crippen LogP contribution in [0.4, 0.5) is 5.69 Å². The number of anilines is 1. The van der Waals surface area contributed by atoms with Crippen molar-refractivity contribution in [2.45, 2.75) is 31.4 Å². The third-order valence-corrected chi connectivity index (χ3v) is 3.60. The molecular weight excluding hydrogens is 252 g/mol. The first-order chi connectivity index (χ1) is 8.57. The highest BCUT2D eigenvalue weighted by Crippen LogP contribution is 2.38. The molecule has 5 heteroatoms. The van der Waals surface area contributed by atoms with Gasteiger partial charge in [-0.15, -0.1) is 0 Å². The number of para-hydroxylation sites is 1. The Bertz CT molecular complexity index is 444. The first-order valence-corrected chi connectivity index (χ1v) is 6.39. The van der Waals surface area contributed by atoms with Gasteiger partial charge < -0.3 is 15.8 Å². The predicted molar refractivity (Wildman–Crippen MR) is 71.6 cm³/mol. The highest BCUT2D eigenvalue weighted by molar-refractivity contribution is 6.33. The Labute approximate surface area is 111 Å². The van der Waals surface area contributed by atoms with Crippen LogP contribution in [-0.4, -0.2) is 24.2 Å². The van der Waals surface area contributed by atoms with E-state index in [1.807, 2.05) is 25.1 Å². The van der Waals surface area contributed by atoms with Gasteiger partial charge in [-0.25, -0.2) is 0 Å². The molecule has 0 aliphatic heterocycles. The molecule has 1 saturated carbocycles. The van der Waals surface area contributed by atoms with Crippen LogP contribution in [0.2, 0.25) is 5.02 Å². The summed E-state index contributed by atoms with van der Waals surface area (Å²) in [6, 6.07) is 7.31. The number of rotatable bonds is 5. The van der Waals surface area contributed by atoms with Crippen molar-refractivity contribution in [1.82, 2.24) is 0 Å². The Balaban J connectivity index is 2.10. The summed E-state index contributed by atoms with van der Waals surface area (Å²) >= 11 is 6.07. The molecule has 0 unspecified atom stereocenters. The summed E-state index contributed by atoms with van der Waals surface area (Å²) in [5.41, 5.74) is 5.49. The van der Waals surface area contributed by atoms with E-state index >= 15 is 0 Å². The summed E-state index contributed by atoms with van der Waals surface area (Å²) in [6.45, 7) is 2.58. The molecule has 0 atom stereocenters. The van der Waals surface area contributed by atoms with Gasteiger partial charge in [0.15, 0.2) is 0 Å². The van der Waals surface area contributed by atoms with Crippen molar-refractivity contribution < 1.29 is 9.53 Å². The average molecular weight is 269 g/mol. The number of benzene rings is 1. The van der Waals surface area contributed by atoms with Gasteiger partial charge in [-0.2, -0.15) is 0 Å². The molecule has 3 N–H and O–H groups in total. The average Bonchev–Trinajstić information content (AvgIpc) is 2.28. The van der Waals surface area contributed by atoms with E-state index in [2.05, 4.69) is 5.32 Å². The SMILES string of the molecule is CCOC1CC(Nc2ccccc2Cl)(C(N)=O)C1. The van der Waals surface area contributed by atoms with Crippen molar-refractivity contribution in [3.63, 3.8) is 0 Å². The molecule has 0 bridgehead atoms. The molecule has 0 spiro atoms. The summed E-state index contributed by atoms with van der Waals surface area (Å²) in [7, 11) is 0. The molecule has 2 rings (SSSR count). The molecule has 98 valence electrons. The van der Waals surface area contributed by atoms with E-state index in [-0.39, 0.29) is 12.0 Å². The van der Waals surface area contributed by atoms with Crippen LogP contribution in [0.5, 0.6) is 0 Å². The van der Waals surface area contributed by atoms with E-state index in [1.165, 1.54) is 0 Å². The maximum absolute atomic E-state index is 11.6. The van der Waals surface area contributed by atoms with Crippen molar-refractivity contribution in [1.29, 1.82) is 0 Å². The van der Waals surface area contributed by atoms with Gasteiger partial charge in [-0.3, -0.25) is 4.79 Å². The molecule has 1 aromatic carbocycles. The van der Waals surface area contributed by atoms with Gasteiger partial charge in [0.1, 0.15) is 5.54 Å². The van der Waals surface area contributed by atoms with Gasteiger partial charge >= 0.3 is 0 Å². The second kappa shape index (κ2) is 5.16. The van der Waals surface area contributed by atoms with Gasteiger partial charge in [0.25, 0.3) is 0 Å². The number of nitrogens with two attached hydrogens (primary N) is 1. The molecular formula is C13H17ClN2O2. The predicted octanol–water partition coefficient (Wildman–Crippen LogP) is 2.17. The van der Waals surface area contributed by atoms with Crippen molar-refractivity contribution in [3.05, 3.63) is 29.3 Å². The van der Waals surface area contributed by atoms with Crippen LogP contribution in [0.25, 0.3) is 0 Å². The number of hydrogen-bond donors (Lipinski definition) is 2. The number of hydrogen-bond acceptors (Lipinski definition) is 3. The quantitative estimate of drug-likeness (QED) is 0.860. The van der Waals surface area contributed by atoms with Crippen molar-refractivity contribution in [2.75, 3.05) is 11.9 Å². The summed E-state index contributed by atoms with van der Waals surface area (Å²) in [6.07, 6.45) is 1.26. The first-order valence-electron chi connectivity index (χ1n) is 6.01. The lowest BCUT2D eigenvalue weighted by Gasteiger charge is -2.45. The van der Waals surface area contributed by atoms with Gasteiger partial charge in [0.2, 0.25) is 5.91 Å². The van der Waals surface area contributed by atoms with Crippen molar-refractivity contribution in [2.24, 2.45) is 5.73 Å². The van der Waals surface area contributed by atoms with E-state index in [4.69, 9.17) is 22.1 Å². The minimum absolute atomic E-state index is 0.0949. The zero-order valence-corrected chi connectivity index (χ0v) is 11.0. The fourth-order valence-corrected chi connectivity index (χ4v) is 2.44. The Kier molecular flexibility index (Phi) is 3.78. The van der Waals surface area contributed by atoms with E-state index in [0.717, 1.165) is 5.69 Å². The maximum atomic E-state index is 11.6. The summed E-state index contributed by atoms with van der Waals surface area (Å²) < 4.78 is 5.47. The number of carbonyl (C=O) groups excluding carboxylic acids is 1. The van der Waals surface area contributed by atoms with E-state index in [0.29, 0.717) is 24.5 Å². The third kappa shape index (κ3) is 2.44. The van der Waals surface area contributed by atoms with Gasteiger partial charge in [0, 0.05) is 19.4 Å². The molecule has 1 fully saturated rings. The molecule has 0 radical (unpaired) electrons. The van der Waals surface area contributed by atoms with Gasteiger partial charge in [-0.1, -0.05) is 23.7 Å². The Hall–Kier alpha value is -1.26. The van der Waals surface area contributed by atoms with Crippen LogP contribution in [-0.2, 0) is 9.53 Å². The van der Waals surface area contributed by atoms with Crippen LogP contribution in [0.3, 0.4) is 0 Å². The molecule has 0 saturated heterocycles. The van der Waals surface area contributed by atoms with E-state index in [9.17, 15) is 4.79 Å². The van der Waals surface area contributed by atoms with Crippen LogP contribution in [0, 0.1) is 0 Å². The molecule has 0 aromatic heterocycles. The zero-order valence-electron chi connectivity index (χ0n) is 10.3.